The molecule has 7 nitrogen and oxygen atoms in total. The molecule has 3 heterocycles. The third-order valence-corrected chi connectivity index (χ3v) is 5.76. The molecule has 0 aliphatic heterocycles. The highest BCUT2D eigenvalue weighted by Crippen LogP contribution is 2.41. The first-order chi connectivity index (χ1) is 15.9. The molecule has 166 valence electrons. The fraction of sp³-hybridized carbons (Fsp3) is 0.0455. The van der Waals surface area contributed by atoms with Gasteiger partial charge >= 0.3 is 6.01 Å². The third-order valence-electron chi connectivity index (χ3n) is 4.89. The Labute approximate surface area is 202 Å². The predicted octanol–water partition coefficient (Wildman–Crippen LogP) is 6.94. The number of hydrogen-bond acceptors (Lipinski definition) is 6. The second kappa shape index (κ2) is 8.55. The van der Waals surface area contributed by atoms with Gasteiger partial charge in [-0.15, -0.1) is 5.10 Å². The first-order valence-corrected chi connectivity index (χ1v) is 10.8. The summed E-state index contributed by atoms with van der Waals surface area (Å²) in [6.45, 7) is 0. The van der Waals surface area contributed by atoms with E-state index in [1.807, 2.05) is 0 Å². The number of halogens is 4. The minimum absolute atomic E-state index is 0.238. The van der Waals surface area contributed by atoms with Crippen LogP contribution in [0.25, 0.3) is 28.4 Å². The van der Waals surface area contributed by atoms with E-state index in [-0.39, 0.29) is 11.9 Å². The summed E-state index contributed by atoms with van der Waals surface area (Å²) < 4.78 is 21.4. The summed E-state index contributed by atoms with van der Waals surface area (Å²) in [6, 6.07) is 13.5. The number of nitrogens with one attached hydrogen (secondary N) is 2. The second-order valence-electron chi connectivity index (χ2n) is 6.96. The zero-order valence-corrected chi connectivity index (χ0v) is 19.2. The Balaban J connectivity index is 1.77. The highest BCUT2D eigenvalue weighted by Gasteiger charge is 2.22. The van der Waals surface area contributed by atoms with Crippen LogP contribution in [0.3, 0.4) is 0 Å². The zero-order valence-electron chi connectivity index (χ0n) is 16.9. The van der Waals surface area contributed by atoms with E-state index in [1.54, 1.807) is 53.9 Å². The lowest BCUT2D eigenvalue weighted by Gasteiger charge is -2.13. The predicted molar refractivity (Wildman–Crippen MR) is 128 cm³/mol. The minimum atomic E-state index is -0.438. The van der Waals surface area contributed by atoms with Crippen molar-refractivity contribution in [1.29, 1.82) is 0 Å². The van der Waals surface area contributed by atoms with Crippen LogP contribution in [0, 0.1) is 5.82 Å². The quantitative estimate of drug-likeness (QED) is 0.270. The fourth-order valence-electron chi connectivity index (χ4n) is 3.39. The van der Waals surface area contributed by atoms with E-state index in [9.17, 15) is 4.39 Å². The molecule has 0 amide bonds. The maximum absolute atomic E-state index is 14.2. The van der Waals surface area contributed by atoms with Crippen molar-refractivity contribution in [2.24, 2.45) is 0 Å². The van der Waals surface area contributed by atoms with E-state index in [2.05, 4.69) is 20.8 Å². The van der Waals surface area contributed by atoms with Crippen molar-refractivity contribution in [3.63, 3.8) is 0 Å². The average molecular weight is 504 g/mol. The number of para-hydroxylation sites is 1. The van der Waals surface area contributed by atoms with E-state index in [0.29, 0.717) is 49.0 Å². The van der Waals surface area contributed by atoms with E-state index >= 15 is 0 Å². The van der Waals surface area contributed by atoms with Gasteiger partial charge in [-0.05, 0) is 36.4 Å². The number of pyridine rings is 1. The van der Waals surface area contributed by atoms with Gasteiger partial charge in [-0.2, -0.15) is 0 Å². The maximum Gasteiger partial charge on any atom is 0.315 e. The molecule has 0 fully saturated rings. The number of fused-ring (bicyclic) bond motifs is 1. The highest BCUT2D eigenvalue weighted by atomic mass is 35.5. The molecule has 5 aromatic rings. The Bertz CT molecular complexity index is 1480. The molecule has 2 aromatic carbocycles. The van der Waals surface area contributed by atoms with Gasteiger partial charge in [0.15, 0.2) is 0 Å². The van der Waals surface area contributed by atoms with Gasteiger partial charge in [0, 0.05) is 29.4 Å². The van der Waals surface area contributed by atoms with E-state index in [4.69, 9.17) is 44.2 Å². The van der Waals surface area contributed by atoms with Gasteiger partial charge < -0.3 is 15.1 Å². The van der Waals surface area contributed by atoms with Crippen LogP contribution in [0.15, 0.2) is 59.1 Å². The maximum atomic E-state index is 14.2. The molecule has 0 spiro atoms. The molecular formula is C22H14Cl3FN6O. The molecule has 0 bridgehead atoms. The average Bonchev–Trinajstić information content (AvgIpc) is 3.41. The Morgan fingerprint density at radius 2 is 1.76 bits per heavy atom. The molecule has 0 aliphatic carbocycles. The third kappa shape index (κ3) is 3.97. The van der Waals surface area contributed by atoms with Crippen molar-refractivity contribution >= 4 is 58.0 Å². The van der Waals surface area contributed by atoms with Crippen molar-refractivity contribution in [2.45, 2.75) is 0 Å². The lowest BCUT2D eigenvalue weighted by Crippen LogP contribution is -1.99. The molecule has 3 aromatic heterocycles. The largest absolute Gasteiger partial charge is 0.403 e. The van der Waals surface area contributed by atoms with Crippen molar-refractivity contribution in [2.75, 3.05) is 17.7 Å². The molecule has 0 saturated heterocycles. The number of anilines is 3. The smallest absolute Gasteiger partial charge is 0.315 e. The summed E-state index contributed by atoms with van der Waals surface area (Å²) in [5.41, 5.74) is 2.61. The molecular weight excluding hydrogens is 490 g/mol. The number of imidazole rings is 1. The topological polar surface area (TPSA) is 80.3 Å². The SMILES string of the molecule is CNc1nnc(-c2cc(Cl)ccc2-c2nc3ccc(F)cn3c2Nc2c(Cl)cccc2Cl)o1. The van der Waals surface area contributed by atoms with Crippen molar-refractivity contribution in [1.82, 2.24) is 19.6 Å². The van der Waals surface area contributed by atoms with Gasteiger partial charge in [0.1, 0.15) is 23.0 Å². The minimum Gasteiger partial charge on any atom is -0.403 e. The van der Waals surface area contributed by atoms with Crippen LogP contribution in [0.5, 0.6) is 0 Å². The van der Waals surface area contributed by atoms with E-state index < -0.39 is 5.82 Å². The normalized spacial score (nSPS) is 11.2. The summed E-state index contributed by atoms with van der Waals surface area (Å²) in [5.74, 6) is 0.241. The molecule has 33 heavy (non-hydrogen) atoms. The van der Waals surface area contributed by atoms with E-state index in [0.717, 1.165) is 0 Å². The van der Waals surface area contributed by atoms with Crippen LogP contribution in [-0.4, -0.2) is 26.6 Å². The van der Waals surface area contributed by atoms with Gasteiger partial charge in [0.25, 0.3) is 0 Å². The second-order valence-corrected chi connectivity index (χ2v) is 8.21. The summed E-state index contributed by atoms with van der Waals surface area (Å²) in [4.78, 5) is 4.72. The van der Waals surface area contributed by atoms with Crippen molar-refractivity contribution in [3.8, 4) is 22.7 Å². The molecule has 0 atom stereocenters. The summed E-state index contributed by atoms with van der Waals surface area (Å²) >= 11 is 19.0. The number of benzene rings is 2. The van der Waals surface area contributed by atoms with Crippen LogP contribution in [0.4, 0.5) is 21.9 Å². The van der Waals surface area contributed by atoms with Crippen molar-refractivity contribution < 1.29 is 8.81 Å². The molecule has 0 saturated carbocycles. The van der Waals surface area contributed by atoms with Gasteiger partial charge in [0.05, 0.1) is 15.7 Å². The first-order valence-electron chi connectivity index (χ1n) is 9.65. The van der Waals surface area contributed by atoms with E-state index in [1.165, 1.54) is 12.3 Å². The Morgan fingerprint density at radius 3 is 2.48 bits per heavy atom. The molecule has 0 unspecified atom stereocenters. The summed E-state index contributed by atoms with van der Waals surface area (Å²) in [6.07, 6.45) is 1.32. The molecule has 0 radical (unpaired) electrons. The lowest BCUT2D eigenvalue weighted by molar-refractivity contribution is 0.585. The number of aromatic nitrogens is 4. The van der Waals surface area contributed by atoms with Gasteiger partial charge in [-0.1, -0.05) is 52.0 Å². The number of rotatable bonds is 5. The molecule has 0 aliphatic rings. The standard InChI is InChI=1S/C22H14Cl3FN6O/c1-27-22-31-30-21(33-22)14-9-11(23)5-7-13(14)18-20(29-19-15(24)3-2-4-16(19)25)32-10-12(26)6-8-17(32)28-18/h2-10,29H,1H3,(H,27,31). The van der Waals surface area contributed by atoms with Crippen LogP contribution in [0.1, 0.15) is 0 Å². The first kappa shape index (κ1) is 21.5. The van der Waals surface area contributed by atoms with Crippen LogP contribution in [0.2, 0.25) is 15.1 Å². The summed E-state index contributed by atoms with van der Waals surface area (Å²) in [5, 5.41) is 15.3. The van der Waals surface area contributed by atoms with Crippen molar-refractivity contribution in [3.05, 3.63) is 75.6 Å². The number of nitrogens with zero attached hydrogens (tertiary/aromatic N) is 4. The highest BCUT2D eigenvalue weighted by molar-refractivity contribution is 6.39. The summed E-state index contributed by atoms with van der Waals surface area (Å²) in [7, 11) is 1.67. The number of hydrogen-bond donors (Lipinski definition) is 2. The Hall–Kier alpha value is -3.33. The van der Waals surface area contributed by atoms with Crippen LogP contribution >= 0.6 is 34.8 Å². The zero-order chi connectivity index (χ0) is 23.1. The van der Waals surface area contributed by atoms with Crippen LogP contribution < -0.4 is 10.6 Å². The Morgan fingerprint density at radius 1 is 0.970 bits per heavy atom. The fourth-order valence-corrected chi connectivity index (χ4v) is 4.06. The van der Waals surface area contributed by atoms with Gasteiger partial charge in [0.2, 0.25) is 5.89 Å². The lowest BCUT2D eigenvalue weighted by atomic mass is 10.0. The monoisotopic (exact) mass is 502 g/mol. The van der Waals surface area contributed by atoms with Gasteiger partial charge in [-0.3, -0.25) is 4.40 Å². The Kier molecular flexibility index (Phi) is 5.57. The van der Waals surface area contributed by atoms with Crippen LogP contribution in [-0.2, 0) is 0 Å². The molecule has 11 heteroatoms. The van der Waals surface area contributed by atoms with Gasteiger partial charge in [-0.25, -0.2) is 9.37 Å². The molecule has 2 N–H and O–H groups in total. The molecule has 5 rings (SSSR count).